The first kappa shape index (κ1) is 43.6. The molecule has 4 aromatic carbocycles. The standard InChI is InChI=1S/2C22H27N3O.C4H4O4/c2*23-19-7-8-20-21(24-26-22(20)16-19)9-6-18-11-14-25(15-12-18)13-10-17-4-2-1-3-5-17;5-3(6)1-2-4(7)8/h2*1-5,7-8,16,18H,6,9-15,23H2;1-2H,(H,5,6)(H,7,8)/b;;2-1-. The quantitative estimate of drug-likeness (QED) is 0.0610. The molecule has 12 nitrogen and oxygen atoms in total. The van der Waals surface area contributed by atoms with Gasteiger partial charge in [0.1, 0.15) is 0 Å². The number of piperidine rings is 2. The predicted octanol–water partition coefficient (Wildman–Crippen LogP) is 8.31. The number of nitrogens with two attached hydrogens (primary N) is 2. The van der Waals surface area contributed by atoms with Gasteiger partial charge in [0.25, 0.3) is 0 Å². The Hall–Kier alpha value is -5.98. The van der Waals surface area contributed by atoms with Gasteiger partial charge in [-0.3, -0.25) is 0 Å². The molecule has 0 atom stereocenters. The van der Waals surface area contributed by atoms with Gasteiger partial charge in [-0.2, -0.15) is 0 Å². The highest BCUT2D eigenvalue weighted by Gasteiger charge is 2.21. The minimum absolute atomic E-state index is 0.558. The van der Waals surface area contributed by atoms with Gasteiger partial charge in [0.2, 0.25) is 0 Å². The van der Waals surface area contributed by atoms with Crippen LogP contribution in [-0.2, 0) is 35.3 Å². The lowest BCUT2D eigenvalue weighted by Crippen LogP contribution is -2.35. The molecule has 2 aromatic heterocycles. The van der Waals surface area contributed by atoms with E-state index in [1.807, 2.05) is 36.4 Å². The van der Waals surface area contributed by atoms with Crippen LogP contribution in [0, 0.1) is 11.8 Å². The molecule has 12 heteroatoms. The summed E-state index contributed by atoms with van der Waals surface area (Å²) < 4.78 is 10.8. The number of anilines is 2. The van der Waals surface area contributed by atoms with Crippen LogP contribution in [0.15, 0.2) is 118 Å². The zero-order valence-electron chi connectivity index (χ0n) is 34.3. The topological polar surface area (TPSA) is 185 Å². The van der Waals surface area contributed by atoms with E-state index in [0.29, 0.717) is 12.2 Å². The number of nitrogen functional groups attached to an aromatic ring is 2. The zero-order chi connectivity index (χ0) is 42.1. The van der Waals surface area contributed by atoms with Crippen molar-refractivity contribution in [3.63, 3.8) is 0 Å². The second-order valence-corrected chi connectivity index (χ2v) is 15.9. The molecule has 0 amide bonds. The molecule has 0 unspecified atom stereocenters. The van der Waals surface area contributed by atoms with E-state index < -0.39 is 11.9 Å². The molecule has 6 N–H and O–H groups in total. The molecular formula is C48H58N6O6. The molecule has 60 heavy (non-hydrogen) atoms. The molecule has 0 bridgehead atoms. The average Bonchev–Trinajstić information content (AvgIpc) is 3.87. The minimum Gasteiger partial charge on any atom is -0.478 e. The Morgan fingerprint density at radius 2 is 0.967 bits per heavy atom. The normalized spacial score (nSPS) is 15.4. The number of carboxylic acids is 2. The first-order chi connectivity index (χ1) is 29.2. The molecule has 2 saturated heterocycles. The SMILES string of the molecule is Nc1ccc2c(CCC3CCN(CCc4ccccc4)CC3)noc2c1.Nc1ccc2c(CCC3CCN(CCc4ccccc4)CC3)noc2c1.O=C(O)/C=C\C(=O)O. The minimum atomic E-state index is -1.26. The fourth-order valence-corrected chi connectivity index (χ4v) is 8.06. The number of likely N-dealkylation sites (tertiary alicyclic amines) is 2. The highest BCUT2D eigenvalue weighted by molar-refractivity contribution is 5.89. The Morgan fingerprint density at radius 1 is 0.583 bits per heavy atom. The summed E-state index contributed by atoms with van der Waals surface area (Å²) in [4.78, 5) is 24.3. The van der Waals surface area contributed by atoms with Crippen LogP contribution in [0.4, 0.5) is 11.4 Å². The molecule has 2 aliphatic rings. The Labute approximate surface area is 351 Å². The van der Waals surface area contributed by atoms with Crippen LogP contribution >= 0.6 is 0 Å². The van der Waals surface area contributed by atoms with Gasteiger partial charge in [-0.15, -0.1) is 0 Å². The summed E-state index contributed by atoms with van der Waals surface area (Å²) in [6.07, 6.45) is 12.9. The van der Waals surface area contributed by atoms with Gasteiger partial charge < -0.3 is 40.5 Å². The van der Waals surface area contributed by atoms with E-state index in [1.54, 1.807) is 0 Å². The summed E-state index contributed by atoms with van der Waals surface area (Å²) in [6.45, 7) is 7.21. The Balaban J connectivity index is 0.000000171. The summed E-state index contributed by atoms with van der Waals surface area (Å²) in [5, 5.41) is 26.4. The highest BCUT2D eigenvalue weighted by atomic mass is 16.5. The van der Waals surface area contributed by atoms with Gasteiger partial charge in [0, 0.05) is 59.5 Å². The number of carbonyl (C=O) groups is 2. The van der Waals surface area contributed by atoms with Crippen molar-refractivity contribution < 1.29 is 28.8 Å². The molecule has 0 spiro atoms. The summed E-state index contributed by atoms with van der Waals surface area (Å²) >= 11 is 0. The maximum atomic E-state index is 9.55. The van der Waals surface area contributed by atoms with Crippen molar-refractivity contribution in [3.8, 4) is 0 Å². The molecule has 0 aliphatic carbocycles. The molecular weight excluding hydrogens is 757 g/mol. The number of aromatic nitrogens is 2. The molecule has 0 saturated carbocycles. The molecule has 316 valence electrons. The molecule has 0 radical (unpaired) electrons. The van der Waals surface area contributed by atoms with Crippen LogP contribution < -0.4 is 11.5 Å². The van der Waals surface area contributed by atoms with Crippen LogP contribution in [0.5, 0.6) is 0 Å². The van der Waals surface area contributed by atoms with E-state index >= 15 is 0 Å². The van der Waals surface area contributed by atoms with E-state index in [0.717, 1.165) is 82.2 Å². The van der Waals surface area contributed by atoms with Crippen molar-refractivity contribution in [3.05, 3.63) is 132 Å². The molecule has 8 rings (SSSR count). The third-order valence-electron chi connectivity index (χ3n) is 11.6. The summed E-state index contributed by atoms with van der Waals surface area (Å²) in [6, 6.07) is 33.2. The van der Waals surface area contributed by atoms with E-state index in [1.165, 1.54) is 88.9 Å². The van der Waals surface area contributed by atoms with Gasteiger partial charge in [-0.1, -0.05) is 71.0 Å². The average molecular weight is 815 g/mol. The number of aliphatic carboxylic acids is 2. The summed E-state index contributed by atoms with van der Waals surface area (Å²) in [5.41, 5.74) is 19.7. The maximum absolute atomic E-state index is 9.55. The van der Waals surface area contributed by atoms with Gasteiger partial charge >= 0.3 is 11.9 Å². The summed E-state index contributed by atoms with van der Waals surface area (Å²) in [7, 11) is 0. The Morgan fingerprint density at radius 3 is 1.33 bits per heavy atom. The van der Waals surface area contributed by atoms with Gasteiger partial charge in [-0.05, 0) is 138 Å². The smallest absolute Gasteiger partial charge is 0.328 e. The van der Waals surface area contributed by atoms with Crippen molar-refractivity contribution in [2.24, 2.45) is 11.8 Å². The third-order valence-corrected chi connectivity index (χ3v) is 11.6. The van der Waals surface area contributed by atoms with Gasteiger partial charge in [0.15, 0.2) is 11.2 Å². The lowest BCUT2D eigenvalue weighted by molar-refractivity contribution is -0.134. The van der Waals surface area contributed by atoms with E-state index in [-0.39, 0.29) is 0 Å². The number of hydrogen-bond acceptors (Lipinski definition) is 10. The van der Waals surface area contributed by atoms with Crippen LogP contribution in [0.1, 0.15) is 61.0 Å². The summed E-state index contributed by atoms with van der Waals surface area (Å²) in [5.74, 6) is -0.924. The fourth-order valence-electron chi connectivity index (χ4n) is 8.06. The van der Waals surface area contributed by atoms with E-state index in [2.05, 4.69) is 80.8 Å². The first-order valence-electron chi connectivity index (χ1n) is 21.1. The highest BCUT2D eigenvalue weighted by Crippen LogP contribution is 2.28. The van der Waals surface area contributed by atoms with Crippen molar-refractivity contribution in [1.82, 2.24) is 20.1 Å². The van der Waals surface area contributed by atoms with Crippen molar-refractivity contribution in [2.75, 3.05) is 50.7 Å². The molecule has 6 aromatic rings. The number of fused-ring (bicyclic) bond motifs is 2. The Bertz CT molecular complexity index is 2100. The number of hydrogen-bond donors (Lipinski definition) is 4. The molecule has 4 heterocycles. The van der Waals surface area contributed by atoms with E-state index in [4.69, 9.17) is 30.7 Å². The zero-order valence-corrected chi connectivity index (χ0v) is 34.3. The van der Waals surface area contributed by atoms with Crippen LogP contribution in [-0.4, -0.2) is 81.5 Å². The number of aryl methyl sites for hydroxylation is 2. The van der Waals surface area contributed by atoms with Gasteiger partial charge in [-0.25, -0.2) is 9.59 Å². The maximum Gasteiger partial charge on any atom is 0.328 e. The Kier molecular flexibility index (Phi) is 16.3. The van der Waals surface area contributed by atoms with Crippen LogP contribution in [0.3, 0.4) is 0 Å². The number of nitrogens with zero attached hydrogens (tertiary/aromatic N) is 4. The van der Waals surface area contributed by atoms with Crippen LogP contribution in [0.25, 0.3) is 21.9 Å². The second-order valence-electron chi connectivity index (χ2n) is 15.9. The monoisotopic (exact) mass is 814 g/mol. The number of rotatable bonds is 14. The molecule has 2 fully saturated rings. The number of carboxylic acid groups (broad SMARTS) is 2. The third kappa shape index (κ3) is 13.8. The largest absolute Gasteiger partial charge is 0.478 e. The fraction of sp³-hybridized carbons (Fsp3) is 0.375. The first-order valence-corrected chi connectivity index (χ1v) is 21.1. The lowest BCUT2D eigenvalue weighted by Gasteiger charge is -2.31. The van der Waals surface area contributed by atoms with Crippen molar-refractivity contribution in [1.29, 1.82) is 0 Å². The molecule has 2 aliphatic heterocycles. The van der Waals surface area contributed by atoms with Crippen LogP contribution in [0.2, 0.25) is 0 Å². The predicted molar refractivity (Wildman–Crippen MR) is 237 cm³/mol. The van der Waals surface area contributed by atoms with Crippen molar-refractivity contribution in [2.45, 2.75) is 64.2 Å². The number of benzene rings is 4. The second kappa shape index (κ2) is 22.4. The van der Waals surface area contributed by atoms with Crippen molar-refractivity contribution >= 4 is 45.3 Å². The van der Waals surface area contributed by atoms with E-state index in [9.17, 15) is 9.59 Å². The van der Waals surface area contributed by atoms with Gasteiger partial charge in [0.05, 0.1) is 11.4 Å². The lowest BCUT2D eigenvalue weighted by atomic mass is 9.91.